The van der Waals surface area contributed by atoms with E-state index in [0.29, 0.717) is 12.4 Å². The van der Waals surface area contributed by atoms with Crippen LogP contribution in [0.15, 0.2) is 103 Å². The number of hydrogen-bond donors (Lipinski definition) is 0. The highest BCUT2D eigenvalue weighted by Gasteiger charge is 2.25. The monoisotopic (exact) mass is 522 g/mol. The molecule has 5 nitrogen and oxygen atoms in total. The Morgan fingerprint density at radius 2 is 1.49 bits per heavy atom. The Morgan fingerprint density at radius 3 is 2.23 bits per heavy atom. The Balaban J connectivity index is 1.20. The first-order chi connectivity index (χ1) is 19.2. The summed E-state index contributed by atoms with van der Waals surface area (Å²) in [6.07, 6.45) is 4.42. The van der Waals surface area contributed by atoms with E-state index in [4.69, 9.17) is 18.9 Å². The van der Waals surface area contributed by atoms with Crippen LogP contribution in [0.25, 0.3) is 0 Å². The first kappa shape index (κ1) is 26.4. The third kappa shape index (κ3) is 7.87. The highest BCUT2D eigenvalue weighted by molar-refractivity contribution is 5.71. The van der Waals surface area contributed by atoms with Crippen molar-refractivity contribution < 1.29 is 23.7 Å². The van der Waals surface area contributed by atoms with E-state index in [1.165, 1.54) is 5.56 Å². The van der Waals surface area contributed by atoms with Gasteiger partial charge in [0.15, 0.2) is 6.61 Å². The molecule has 1 heterocycles. The minimum atomic E-state index is -0.394. The number of aryl methyl sites for hydroxylation is 2. The fraction of sp³-hybridized carbons (Fsp3) is 0.265. The van der Waals surface area contributed by atoms with Crippen LogP contribution in [0, 0.1) is 0 Å². The van der Waals surface area contributed by atoms with Crippen LogP contribution in [0.4, 0.5) is 0 Å². The molecular formula is C34H34O5. The maximum absolute atomic E-state index is 12.4. The second-order valence-electron chi connectivity index (χ2n) is 9.74. The average Bonchev–Trinajstić information content (AvgIpc) is 3.39. The molecule has 200 valence electrons. The maximum Gasteiger partial charge on any atom is 0.344 e. The van der Waals surface area contributed by atoms with Gasteiger partial charge < -0.3 is 18.9 Å². The van der Waals surface area contributed by atoms with Gasteiger partial charge in [-0.25, -0.2) is 4.79 Å². The van der Waals surface area contributed by atoms with Crippen LogP contribution in [-0.2, 0) is 35.4 Å². The summed E-state index contributed by atoms with van der Waals surface area (Å²) in [5.41, 5.74) is 4.38. The zero-order chi connectivity index (χ0) is 26.7. The van der Waals surface area contributed by atoms with Gasteiger partial charge in [-0.2, -0.15) is 0 Å². The van der Waals surface area contributed by atoms with E-state index in [9.17, 15) is 4.79 Å². The molecule has 0 aliphatic carbocycles. The molecule has 4 aromatic carbocycles. The molecule has 0 saturated carbocycles. The summed E-state index contributed by atoms with van der Waals surface area (Å²) in [6.45, 7) is 0.672. The SMILES string of the molecule is O=C(COc1cc2c(cc1CCCOc1ccccc1)OC(CCc1ccccc1)C2)OCc1ccccc1. The van der Waals surface area contributed by atoms with Crippen molar-refractivity contribution in [1.29, 1.82) is 0 Å². The maximum atomic E-state index is 12.4. The van der Waals surface area contributed by atoms with Crippen molar-refractivity contribution in [2.45, 2.75) is 44.8 Å². The van der Waals surface area contributed by atoms with E-state index in [-0.39, 0.29) is 19.3 Å². The summed E-state index contributed by atoms with van der Waals surface area (Å²) >= 11 is 0. The molecule has 39 heavy (non-hydrogen) atoms. The molecule has 0 aromatic heterocycles. The van der Waals surface area contributed by atoms with Gasteiger partial charge in [-0.1, -0.05) is 78.9 Å². The van der Waals surface area contributed by atoms with Crippen LogP contribution in [0.2, 0.25) is 0 Å². The zero-order valence-electron chi connectivity index (χ0n) is 22.1. The number of carbonyl (C=O) groups is 1. The molecule has 5 heteroatoms. The largest absolute Gasteiger partial charge is 0.494 e. The number of hydrogen-bond acceptors (Lipinski definition) is 5. The Bertz CT molecular complexity index is 1320. The molecule has 0 amide bonds. The second kappa shape index (κ2) is 13.5. The normalized spacial score (nSPS) is 13.8. The number of para-hydroxylation sites is 1. The molecule has 0 spiro atoms. The number of fused-ring (bicyclic) bond motifs is 1. The molecule has 0 saturated heterocycles. The van der Waals surface area contributed by atoms with E-state index < -0.39 is 5.97 Å². The number of esters is 1. The van der Waals surface area contributed by atoms with Crippen molar-refractivity contribution in [1.82, 2.24) is 0 Å². The van der Waals surface area contributed by atoms with E-state index in [0.717, 1.165) is 60.3 Å². The van der Waals surface area contributed by atoms with E-state index in [1.54, 1.807) is 0 Å². The first-order valence-electron chi connectivity index (χ1n) is 13.6. The molecule has 0 bridgehead atoms. The van der Waals surface area contributed by atoms with Gasteiger partial charge in [-0.15, -0.1) is 0 Å². The summed E-state index contributed by atoms with van der Waals surface area (Å²) < 4.78 is 23.6. The highest BCUT2D eigenvalue weighted by Crippen LogP contribution is 2.37. The predicted molar refractivity (Wildman–Crippen MR) is 151 cm³/mol. The second-order valence-corrected chi connectivity index (χ2v) is 9.74. The number of carbonyl (C=O) groups excluding carboxylic acids is 1. The molecule has 5 rings (SSSR count). The Labute approximate surface area is 230 Å². The van der Waals surface area contributed by atoms with Crippen molar-refractivity contribution in [2.75, 3.05) is 13.2 Å². The van der Waals surface area contributed by atoms with Gasteiger partial charge in [-0.3, -0.25) is 0 Å². The van der Waals surface area contributed by atoms with Crippen molar-refractivity contribution in [3.63, 3.8) is 0 Å². The lowest BCUT2D eigenvalue weighted by Gasteiger charge is -2.14. The predicted octanol–water partition coefficient (Wildman–Crippen LogP) is 6.76. The number of ether oxygens (including phenoxy) is 4. The summed E-state index contributed by atoms with van der Waals surface area (Å²) in [7, 11) is 0. The topological polar surface area (TPSA) is 54.0 Å². The fourth-order valence-electron chi connectivity index (χ4n) is 4.73. The third-order valence-electron chi connectivity index (χ3n) is 6.77. The molecule has 0 radical (unpaired) electrons. The molecule has 1 aliphatic rings. The minimum absolute atomic E-state index is 0.126. The van der Waals surface area contributed by atoms with Crippen molar-refractivity contribution in [2.24, 2.45) is 0 Å². The Morgan fingerprint density at radius 1 is 0.795 bits per heavy atom. The summed E-state index contributed by atoms with van der Waals surface area (Å²) in [4.78, 5) is 12.4. The summed E-state index contributed by atoms with van der Waals surface area (Å²) in [5, 5.41) is 0. The number of benzene rings is 4. The van der Waals surface area contributed by atoms with Gasteiger partial charge in [0.05, 0.1) is 6.61 Å². The van der Waals surface area contributed by atoms with Gasteiger partial charge in [-0.05, 0) is 66.6 Å². The molecule has 0 fully saturated rings. The standard InChI is InChI=1S/C34H34O5/c35-34(38-24-27-13-6-2-7-14-27)25-37-32-23-29-21-31(19-18-26-11-4-1-5-12-26)39-33(29)22-28(32)15-10-20-36-30-16-8-3-9-17-30/h1-9,11-14,16-17,22-23,31H,10,15,18-21,24-25H2. The lowest BCUT2D eigenvalue weighted by atomic mass is 10.0. The van der Waals surface area contributed by atoms with Crippen LogP contribution in [0.3, 0.4) is 0 Å². The zero-order valence-corrected chi connectivity index (χ0v) is 22.1. The lowest BCUT2D eigenvalue weighted by Crippen LogP contribution is -2.15. The van der Waals surface area contributed by atoms with Crippen molar-refractivity contribution in [3.05, 3.63) is 125 Å². The van der Waals surface area contributed by atoms with Crippen LogP contribution >= 0.6 is 0 Å². The van der Waals surface area contributed by atoms with Gasteiger partial charge >= 0.3 is 5.97 Å². The molecule has 0 N–H and O–H groups in total. The molecule has 1 atom stereocenters. The molecule has 1 unspecified atom stereocenters. The minimum Gasteiger partial charge on any atom is -0.494 e. The van der Waals surface area contributed by atoms with Crippen molar-refractivity contribution in [3.8, 4) is 17.2 Å². The lowest BCUT2D eigenvalue weighted by molar-refractivity contribution is -0.147. The van der Waals surface area contributed by atoms with Crippen LogP contribution < -0.4 is 14.2 Å². The van der Waals surface area contributed by atoms with Crippen LogP contribution in [0.1, 0.15) is 35.1 Å². The third-order valence-corrected chi connectivity index (χ3v) is 6.77. The van der Waals surface area contributed by atoms with Crippen molar-refractivity contribution >= 4 is 5.97 Å². The highest BCUT2D eigenvalue weighted by atomic mass is 16.6. The van der Waals surface area contributed by atoms with E-state index in [2.05, 4.69) is 30.3 Å². The van der Waals surface area contributed by atoms with Gasteiger partial charge in [0.2, 0.25) is 0 Å². The van der Waals surface area contributed by atoms with E-state index in [1.807, 2.05) is 72.8 Å². The number of rotatable bonds is 13. The fourth-order valence-corrected chi connectivity index (χ4v) is 4.73. The van der Waals surface area contributed by atoms with Gasteiger partial charge in [0.25, 0.3) is 0 Å². The molecule has 1 aliphatic heterocycles. The summed E-state index contributed by atoms with van der Waals surface area (Å²) in [5.74, 6) is 2.08. The average molecular weight is 523 g/mol. The van der Waals surface area contributed by atoms with Crippen LogP contribution in [-0.4, -0.2) is 25.3 Å². The van der Waals surface area contributed by atoms with E-state index >= 15 is 0 Å². The van der Waals surface area contributed by atoms with Gasteiger partial charge in [0, 0.05) is 12.0 Å². The van der Waals surface area contributed by atoms with Crippen LogP contribution in [0.5, 0.6) is 17.2 Å². The first-order valence-corrected chi connectivity index (χ1v) is 13.6. The molecule has 4 aromatic rings. The summed E-state index contributed by atoms with van der Waals surface area (Å²) in [6, 6.07) is 34.0. The molecular weight excluding hydrogens is 488 g/mol. The van der Waals surface area contributed by atoms with Gasteiger partial charge in [0.1, 0.15) is 30.0 Å². The Hall–Kier alpha value is -4.25. The smallest absolute Gasteiger partial charge is 0.344 e. The Kier molecular flexibility index (Phi) is 9.14. The quantitative estimate of drug-likeness (QED) is 0.144.